The summed E-state index contributed by atoms with van der Waals surface area (Å²) in [6, 6.07) is 7.59. The highest BCUT2D eigenvalue weighted by molar-refractivity contribution is 5.73. The molecule has 31 heavy (non-hydrogen) atoms. The SMILES string of the molecule is CN(C)C(=O)NC1CCN(c2ccc3c(c2)COC2(CCN(C4CCC4)CC2)O3)CC1. The van der Waals surface area contributed by atoms with E-state index in [2.05, 4.69) is 33.3 Å². The van der Waals surface area contributed by atoms with Gasteiger partial charge in [0.15, 0.2) is 0 Å². The van der Waals surface area contributed by atoms with Gasteiger partial charge in [-0.3, -0.25) is 4.90 Å². The van der Waals surface area contributed by atoms with Gasteiger partial charge in [0, 0.05) is 76.5 Å². The number of ether oxygens (including phenoxy) is 2. The molecule has 0 unspecified atom stereocenters. The summed E-state index contributed by atoms with van der Waals surface area (Å²) >= 11 is 0. The Morgan fingerprint density at radius 1 is 1.10 bits per heavy atom. The number of rotatable bonds is 3. The Hall–Kier alpha value is -1.99. The fourth-order valence-electron chi connectivity index (χ4n) is 5.23. The molecule has 3 heterocycles. The molecule has 2 amide bonds. The summed E-state index contributed by atoms with van der Waals surface area (Å²) in [4.78, 5) is 18.5. The van der Waals surface area contributed by atoms with Crippen LogP contribution in [0.4, 0.5) is 10.5 Å². The van der Waals surface area contributed by atoms with E-state index in [-0.39, 0.29) is 12.1 Å². The van der Waals surface area contributed by atoms with Crippen LogP contribution in [0.5, 0.6) is 5.75 Å². The summed E-state index contributed by atoms with van der Waals surface area (Å²) < 4.78 is 12.8. The van der Waals surface area contributed by atoms with Gasteiger partial charge < -0.3 is 24.6 Å². The predicted octanol–water partition coefficient (Wildman–Crippen LogP) is 3.18. The van der Waals surface area contributed by atoms with E-state index in [0.717, 1.165) is 69.2 Å². The molecule has 0 aromatic heterocycles. The van der Waals surface area contributed by atoms with Crippen LogP contribution < -0.4 is 15.0 Å². The molecule has 5 rings (SSSR count). The molecular formula is C24H36N4O3. The number of carbonyl (C=O) groups excluding carboxylic acids is 1. The highest BCUT2D eigenvalue weighted by atomic mass is 16.7. The second kappa shape index (κ2) is 8.51. The summed E-state index contributed by atoms with van der Waals surface area (Å²) in [5.41, 5.74) is 2.37. The molecule has 2 saturated heterocycles. The minimum absolute atomic E-state index is 0.00558. The number of nitrogens with zero attached hydrogens (tertiary/aromatic N) is 3. The topological polar surface area (TPSA) is 57.3 Å². The van der Waals surface area contributed by atoms with E-state index >= 15 is 0 Å². The van der Waals surface area contributed by atoms with Gasteiger partial charge >= 0.3 is 6.03 Å². The third-order valence-electron chi connectivity index (χ3n) is 7.58. The van der Waals surface area contributed by atoms with E-state index in [1.54, 1.807) is 19.0 Å². The van der Waals surface area contributed by atoms with Crippen molar-refractivity contribution in [1.29, 1.82) is 0 Å². The summed E-state index contributed by atoms with van der Waals surface area (Å²) in [5, 5.41) is 3.11. The monoisotopic (exact) mass is 428 g/mol. The van der Waals surface area contributed by atoms with Gasteiger partial charge in [0.25, 0.3) is 0 Å². The molecular weight excluding hydrogens is 392 g/mol. The van der Waals surface area contributed by atoms with Crippen LogP contribution >= 0.6 is 0 Å². The average Bonchev–Trinajstić information content (AvgIpc) is 2.74. The van der Waals surface area contributed by atoms with E-state index in [4.69, 9.17) is 9.47 Å². The number of benzene rings is 1. The molecule has 0 atom stereocenters. The molecule has 170 valence electrons. The van der Waals surface area contributed by atoms with Crippen LogP contribution in [-0.4, -0.2) is 74.0 Å². The smallest absolute Gasteiger partial charge is 0.317 e. The van der Waals surface area contributed by atoms with E-state index in [1.807, 2.05) is 0 Å². The van der Waals surface area contributed by atoms with Gasteiger partial charge in [-0.15, -0.1) is 0 Å². The molecule has 7 nitrogen and oxygen atoms in total. The molecule has 1 saturated carbocycles. The first-order valence-electron chi connectivity index (χ1n) is 11.9. The Morgan fingerprint density at radius 2 is 1.84 bits per heavy atom. The third-order valence-corrected chi connectivity index (χ3v) is 7.58. The van der Waals surface area contributed by atoms with Crippen LogP contribution in [-0.2, 0) is 11.3 Å². The van der Waals surface area contributed by atoms with Gasteiger partial charge in [-0.2, -0.15) is 0 Å². The Morgan fingerprint density at radius 3 is 2.48 bits per heavy atom. The van der Waals surface area contributed by atoms with Crippen molar-refractivity contribution >= 4 is 11.7 Å². The first-order valence-corrected chi connectivity index (χ1v) is 11.9. The quantitative estimate of drug-likeness (QED) is 0.801. The van der Waals surface area contributed by atoms with Crippen LogP contribution in [0.25, 0.3) is 0 Å². The van der Waals surface area contributed by atoms with Gasteiger partial charge in [-0.1, -0.05) is 6.42 Å². The lowest BCUT2D eigenvalue weighted by atomic mass is 9.89. The van der Waals surface area contributed by atoms with Crippen LogP contribution in [0.3, 0.4) is 0 Å². The maximum atomic E-state index is 11.9. The molecule has 1 aromatic carbocycles. The van der Waals surface area contributed by atoms with Crippen LogP contribution in [0.15, 0.2) is 18.2 Å². The van der Waals surface area contributed by atoms with Crippen molar-refractivity contribution in [2.24, 2.45) is 0 Å². The second-order valence-corrected chi connectivity index (χ2v) is 9.82. The number of fused-ring (bicyclic) bond motifs is 1. The molecule has 1 aromatic rings. The normalized spacial score (nSPS) is 24.3. The fraction of sp³-hybridized carbons (Fsp3) is 0.708. The highest BCUT2D eigenvalue weighted by Gasteiger charge is 2.42. The Bertz CT molecular complexity index is 794. The van der Waals surface area contributed by atoms with Crippen molar-refractivity contribution < 1.29 is 14.3 Å². The zero-order valence-corrected chi connectivity index (χ0v) is 18.9. The summed E-state index contributed by atoms with van der Waals surface area (Å²) in [7, 11) is 3.56. The summed E-state index contributed by atoms with van der Waals surface area (Å²) in [6.07, 6.45) is 7.94. The fourth-order valence-corrected chi connectivity index (χ4v) is 5.23. The lowest BCUT2D eigenvalue weighted by Crippen LogP contribution is -2.54. The van der Waals surface area contributed by atoms with Crippen molar-refractivity contribution in [3.8, 4) is 5.75 Å². The maximum Gasteiger partial charge on any atom is 0.317 e. The number of likely N-dealkylation sites (tertiary alicyclic amines) is 1. The molecule has 1 spiro atoms. The minimum Gasteiger partial charge on any atom is -0.462 e. The number of piperidine rings is 2. The van der Waals surface area contributed by atoms with E-state index in [0.29, 0.717) is 6.61 Å². The zero-order valence-electron chi connectivity index (χ0n) is 18.9. The molecule has 4 aliphatic rings. The Kier molecular flexibility index (Phi) is 5.73. The van der Waals surface area contributed by atoms with Crippen molar-refractivity contribution in [2.75, 3.05) is 45.2 Å². The first kappa shape index (κ1) is 20.9. The lowest BCUT2D eigenvalue weighted by Gasteiger charge is -2.47. The first-order chi connectivity index (χ1) is 15.0. The maximum absolute atomic E-state index is 11.9. The van der Waals surface area contributed by atoms with Crippen LogP contribution in [0, 0.1) is 0 Å². The number of nitrogens with one attached hydrogen (secondary N) is 1. The van der Waals surface area contributed by atoms with Gasteiger partial charge in [-0.25, -0.2) is 4.79 Å². The number of hydrogen-bond acceptors (Lipinski definition) is 5. The van der Waals surface area contributed by atoms with Crippen molar-refractivity contribution in [3.05, 3.63) is 23.8 Å². The Labute approximate surface area is 185 Å². The van der Waals surface area contributed by atoms with E-state index in [1.165, 1.54) is 24.9 Å². The second-order valence-electron chi connectivity index (χ2n) is 9.82. The van der Waals surface area contributed by atoms with Crippen molar-refractivity contribution in [2.45, 2.75) is 69.4 Å². The number of hydrogen-bond donors (Lipinski definition) is 1. The summed E-state index contributed by atoms with van der Waals surface area (Å²) in [6.45, 7) is 4.68. The third kappa shape index (κ3) is 4.35. The van der Waals surface area contributed by atoms with Crippen LogP contribution in [0.2, 0.25) is 0 Å². The minimum atomic E-state index is -0.433. The highest BCUT2D eigenvalue weighted by Crippen LogP contribution is 2.40. The molecule has 0 bridgehead atoms. The van der Waals surface area contributed by atoms with Crippen LogP contribution in [0.1, 0.15) is 50.5 Å². The zero-order chi connectivity index (χ0) is 21.4. The molecule has 1 aliphatic carbocycles. The number of urea groups is 1. The number of amides is 2. The predicted molar refractivity (Wildman–Crippen MR) is 120 cm³/mol. The van der Waals surface area contributed by atoms with Gasteiger partial charge in [0.2, 0.25) is 5.79 Å². The number of carbonyl (C=O) groups is 1. The van der Waals surface area contributed by atoms with Gasteiger partial charge in [0.05, 0.1) is 6.61 Å². The number of anilines is 1. The van der Waals surface area contributed by atoms with E-state index < -0.39 is 5.79 Å². The Balaban J connectivity index is 1.17. The van der Waals surface area contributed by atoms with Crippen molar-refractivity contribution in [1.82, 2.24) is 15.1 Å². The average molecular weight is 429 g/mol. The van der Waals surface area contributed by atoms with Gasteiger partial charge in [-0.05, 0) is 43.9 Å². The van der Waals surface area contributed by atoms with Crippen molar-refractivity contribution in [3.63, 3.8) is 0 Å². The molecule has 3 fully saturated rings. The largest absolute Gasteiger partial charge is 0.462 e. The molecule has 3 aliphatic heterocycles. The molecule has 0 radical (unpaired) electrons. The summed E-state index contributed by atoms with van der Waals surface area (Å²) in [5.74, 6) is 0.554. The van der Waals surface area contributed by atoms with E-state index in [9.17, 15) is 4.79 Å². The lowest BCUT2D eigenvalue weighted by molar-refractivity contribution is -0.231. The van der Waals surface area contributed by atoms with Gasteiger partial charge in [0.1, 0.15) is 5.75 Å². The molecule has 7 heteroatoms. The standard InChI is InChI=1S/C24H36N4O3/c1-26(2)23(29)25-19-8-12-27(13-9-19)21-6-7-22-18(16-21)17-30-24(31-22)10-14-28(15-11-24)20-4-3-5-20/h6-7,16,19-20H,3-5,8-15,17H2,1-2H3,(H,25,29). The molecule has 1 N–H and O–H groups in total.